The Morgan fingerprint density at radius 1 is 1.70 bits per heavy atom. The Balaban J connectivity index is 4.11. The number of halogens is 1. The molecule has 1 nitrogen and oxygen atoms in total. The van der Waals surface area contributed by atoms with Crippen LogP contribution in [0.5, 0.6) is 0 Å². The molecule has 0 heterocycles. The third-order valence-corrected chi connectivity index (χ3v) is 1.02. The first kappa shape index (κ1) is 9.31. The molecule has 0 aromatic heterocycles. The average Bonchev–Trinajstić information content (AvgIpc) is 1.87. The number of hydrogen-bond donors (Lipinski definition) is 0. The molecule has 0 saturated heterocycles. The maximum Gasteiger partial charge on any atom is 0.137 e. The number of ether oxygens (including phenoxy) is 1. The molecule has 10 heavy (non-hydrogen) atoms. The van der Waals surface area contributed by atoms with E-state index in [1.54, 1.807) is 12.2 Å². The Bertz CT molecular complexity index is 159. The maximum atomic E-state index is 5.57. The van der Waals surface area contributed by atoms with Gasteiger partial charge < -0.3 is 4.74 Å². The van der Waals surface area contributed by atoms with E-state index < -0.39 is 0 Å². The second-order valence-electron chi connectivity index (χ2n) is 1.60. The summed E-state index contributed by atoms with van der Waals surface area (Å²) >= 11 is 5.57. The summed E-state index contributed by atoms with van der Waals surface area (Å²) in [6.45, 7) is 9.50. The van der Waals surface area contributed by atoms with E-state index in [-0.39, 0.29) is 0 Å². The van der Waals surface area contributed by atoms with Crippen molar-refractivity contribution in [3.63, 3.8) is 0 Å². The molecular formula is C8H11ClO. The molecule has 0 bridgehead atoms. The van der Waals surface area contributed by atoms with Gasteiger partial charge in [-0.3, -0.25) is 0 Å². The molecule has 0 N–H and O–H groups in total. The minimum absolute atomic E-state index is 0.404. The van der Waals surface area contributed by atoms with Gasteiger partial charge in [0.2, 0.25) is 0 Å². The molecule has 2 heteroatoms. The van der Waals surface area contributed by atoms with Crippen LogP contribution in [-0.4, -0.2) is 6.61 Å². The fourth-order valence-corrected chi connectivity index (χ4v) is 0.597. The highest BCUT2D eigenvalue weighted by atomic mass is 35.5. The first-order chi connectivity index (χ1) is 4.72. The Kier molecular flexibility index (Phi) is 4.77. The molecule has 0 unspecified atom stereocenters. The van der Waals surface area contributed by atoms with Crippen LogP contribution < -0.4 is 0 Å². The smallest absolute Gasteiger partial charge is 0.137 e. The molecule has 0 rings (SSSR count). The van der Waals surface area contributed by atoms with Crippen molar-refractivity contribution in [2.75, 3.05) is 6.61 Å². The predicted molar refractivity (Wildman–Crippen MR) is 44.9 cm³/mol. The van der Waals surface area contributed by atoms with Gasteiger partial charge in [-0.05, 0) is 13.0 Å². The summed E-state index contributed by atoms with van der Waals surface area (Å²) in [4.78, 5) is 0. The van der Waals surface area contributed by atoms with Crippen LogP contribution in [0.25, 0.3) is 0 Å². The van der Waals surface area contributed by atoms with E-state index in [4.69, 9.17) is 16.3 Å². The van der Waals surface area contributed by atoms with E-state index in [1.165, 1.54) is 0 Å². The quantitative estimate of drug-likeness (QED) is 0.452. The Morgan fingerprint density at radius 3 is 2.60 bits per heavy atom. The van der Waals surface area contributed by atoms with Crippen molar-refractivity contribution in [1.29, 1.82) is 0 Å². The minimum atomic E-state index is 0.404. The van der Waals surface area contributed by atoms with Crippen LogP contribution in [0.1, 0.15) is 6.92 Å². The molecule has 0 amide bonds. The van der Waals surface area contributed by atoms with Crippen LogP contribution in [0.4, 0.5) is 0 Å². The summed E-state index contributed by atoms with van der Waals surface area (Å²) in [6, 6.07) is 0. The lowest BCUT2D eigenvalue weighted by molar-refractivity contribution is 0.241. The fraction of sp³-hybridized carbons (Fsp3) is 0.250. The van der Waals surface area contributed by atoms with Gasteiger partial charge in [0.05, 0.1) is 11.6 Å². The van der Waals surface area contributed by atoms with Crippen LogP contribution in [-0.2, 0) is 4.74 Å². The molecule has 0 aliphatic carbocycles. The van der Waals surface area contributed by atoms with Crippen molar-refractivity contribution >= 4 is 11.6 Å². The summed E-state index contributed by atoms with van der Waals surface area (Å²) in [5.74, 6) is 0.583. The van der Waals surface area contributed by atoms with E-state index in [0.29, 0.717) is 17.4 Å². The monoisotopic (exact) mass is 158 g/mol. The summed E-state index contributed by atoms with van der Waals surface area (Å²) in [5, 5.41) is 0.404. The zero-order valence-electron chi connectivity index (χ0n) is 6.06. The number of hydrogen-bond acceptors (Lipinski definition) is 1. The lowest BCUT2D eigenvalue weighted by atomic mass is 10.4. The van der Waals surface area contributed by atoms with E-state index in [1.807, 2.05) is 6.92 Å². The lowest BCUT2D eigenvalue weighted by Gasteiger charge is -2.03. The summed E-state index contributed by atoms with van der Waals surface area (Å²) in [7, 11) is 0. The first-order valence-electron chi connectivity index (χ1n) is 3.02. The molecule has 0 atom stereocenters. The lowest BCUT2D eigenvalue weighted by Crippen LogP contribution is -1.89. The molecule has 0 radical (unpaired) electrons. The third-order valence-electron chi connectivity index (χ3n) is 0.836. The van der Waals surface area contributed by atoms with Crippen LogP contribution >= 0.6 is 11.6 Å². The summed E-state index contributed by atoms with van der Waals surface area (Å²) in [6.07, 6.45) is 3.29. The Morgan fingerprint density at radius 2 is 2.30 bits per heavy atom. The van der Waals surface area contributed by atoms with Gasteiger partial charge in [-0.1, -0.05) is 30.8 Å². The first-order valence-corrected chi connectivity index (χ1v) is 3.40. The molecule has 0 aliphatic rings. The second-order valence-corrected chi connectivity index (χ2v) is 2.06. The van der Waals surface area contributed by atoms with Crippen molar-refractivity contribution in [3.05, 3.63) is 36.1 Å². The molecule has 0 spiro atoms. The second kappa shape index (κ2) is 5.12. The van der Waals surface area contributed by atoms with Crippen LogP contribution in [0.3, 0.4) is 0 Å². The standard InChI is InChI=1S/C8H11ClO/c1-4-6-8(7(3)9)10-5-2/h4,6H,1,3,5H2,2H3/b8-6+. The highest BCUT2D eigenvalue weighted by molar-refractivity contribution is 6.31. The van der Waals surface area contributed by atoms with Crippen molar-refractivity contribution in [2.45, 2.75) is 6.92 Å². The maximum absolute atomic E-state index is 5.57. The largest absolute Gasteiger partial charge is 0.492 e. The van der Waals surface area contributed by atoms with Gasteiger partial charge >= 0.3 is 0 Å². The van der Waals surface area contributed by atoms with Crippen LogP contribution in [0.2, 0.25) is 0 Å². The topological polar surface area (TPSA) is 9.23 Å². The Hall–Kier alpha value is -0.690. The molecule has 56 valence electrons. The summed E-state index contributed by atoms with van der Waals surface area (Å²) in [5.41, 5.74) is 0. The normalized spacial score (nSPS) is 10.8. The summed E-state index contributed by atoms with van der Waals surface area (Å²) < 4.78 is 5.10. The van der Waals surface area contributed by atoms with E-state index in [9.17, 15) is 0 Å². The average molecular weight is 159 g/mol. The molecule has 0 saturated carbocycles. The van der Waals surface area contributed by atoms with Crippen molar-refractivity contribution < 1.29 is 4.74 Å². The van der Waals surface area contributed by atoms with Gasteiger partial charge in [-0.15, -0.1) is 0 Å². The van der Waals surface area contributed by atoms with E-state index in [0.717, 1.165) is 0 Å². The molecule has 0 fully saturated rings. The third kappa shape index (κ3) is 3.36. The van der Waals surface area contributed by atoms with Gasteiger partial charge in [0.15, 0.2) is 0 Å². The zero-order chi connectivity index (χ0) is 7.98. The highest BCUT2D eigenvalue weighted by Gasteiger charge is 1.96. The number of rotatable bonds is 4. The predicted octanol–water partition coefficient (Wildman–Crippen LogP) is 2.85. The van der Waals surface area contributed by atoms with Gasteiger partial charge in [-0.2, -0.15) is 0 Å². The van der Waals surface area contributed by atoms with Crippen LogP contribution in [0.15, 0.2) is 36.1 Å². The van der Waals surface area contributed by atoms with Crippen molar-refractivity contribution in [2.24, 2.45) is 0 Å². The molecule has 0 aromatic rings. The Labute approximate surface area is 66.6 Å². The van der Waals surface area contributed by atoms with Crippen molar-refractivity contribution in [1.82, 2.24) is 0 Å². The van der Waals surface area contributed by atoms with Gasteiger partial charge in [0.1, 0.15) is 5.76 Å². The molecule has 0 aliphatic heterocycles. The van der Waals surface area contributed by atoms with Gasteiger partial charge in [0, 0.05) is 0 Å². The van der Waals surface area contributed by atoms with E-state index in [2.05, 4.69) is 13.2 Å². The van der Waals surface area contributed by atoms with Gasteiger partial charge in [-0.25, -0.2) is 0 Å². The zero-order valence-corrected chi connectivity index (χ0v) is 6.82. The van der Waals surface area contributed by atoms with Crippen LogP contribution in [0, 0.1) is 0 Å². The molecule has 0 aromatic carbocycles. The van der Waals surface area contributed by atoms with E-state index >= 15 is 0 Å². The highest BCUT2D eigenvalue weighted by Crippen LogP contribution is 2.12. The number of allylic oxidation sites excluding steroid dienone is 3. The SMILES string of the molecule is C=C/C=C(/OCC)C(=C)Cl. The van der Waals surface area contributed by atoms with Crippen molar-refractivity contribution in [3.8, 4) is 0 Å². The van der Waals surface area contributed by atoms with Gasteiger partial charge in [0.25, 0.3) is 0 Å². The minimum Gasteiger partial charge on any atom is -0.492 e. The molecular weight excluding hydrogens is 148 g/mol. The fourth-order valence-electron chi connectivity index (χ4n) is 0.479.